The molecule has 0 N–H and O–H groups in total. The van der Waals surface area contributed by atoms with E-state index in [1.165, 1.54) is 19.4 Å². The molecule has 1 aromatic rings. The average Bonchev–Trinajstić information content (AvgIpc) is 2.37. The summed E-state index contributed by atoms with van der Waals surface area (Å²) in [5, 5.41) is 0. The van der Waals surface area contributed by atoms with Crippen molar-refractivity contribution in [1.29, 1.82) is 0 Å². The molecule has 1 aromatic carbocycles. The van der Waals surface area contributed by atoms with E-state index in [0.29, 0.717) is 18.8 Å². The number of hydrogen-bond donors (Lipinski definition) is 0. The van der Waals surface area contributed by atoms with Gasteiger partial charge in [-0.05, 0) is 25.3 Å². The quantitative estimate of drug-likeness (QED) is 0.603. The summed E-state index contributed by atoms with van der Waals surface area (Å²) in [7, 11) is 0. The van der Waals surface area contributed by atoms with Crippen LogP contribution in [0.25, 0.3) is 0 Å². The Kier molecular flexibility index (Phi) is 8.88. The summed E-state index contributed by atoms with van der Waals surface area (Å²) in [4.78, 5) is 21.4. The molecule has 0 aromatic heterocycles. The van der Waals surface area contributed by atoms with Crippen molar-refractivity contribution in [1.82, 2.24) is 0 Å². The molecule has 2 nitrogen and oxygen atoms in total. The predicted molar refractivity (Wildman–Crippen MR) is 83.6 cm³/mol. The molecule has 0 radical (unpaired) electrons. The monoisotopic (exact) mass is 278 g/mol. The maximum atomic E-state index is 10.2. The molecule has 0 aliphatic rings. The number of rotatable bonds is 5. The van der Waals surface area contributed by atoms with Gasteiger partial charge in [0.05, 0.1) is 0 Å². The summed E-state index contributed by atoms with van der Waals surface area (Å²) in [5.41, 5.74) is 1.18. The van der Waals surface area contributed by atoms with Gasteiger partial charge in [-0.25, -0.2) is 0 Å². The molecule has 0 atom stereocenters. The van der Waals surface area contributed by atoms with Gasteiger partial charge in [-0.2, -0.15) is 0 Å². The van der Waals surface area contributed by atoms with Crippen molar-refractivity contribution in [2.45, 2.75) is 40.5 Å². The summed E-state index contributed by atoms with van der Waals surface area (Å²) in [5.74, 6) is 0.632. The Hall–Kier alpha value is -1.35. The van der Waals surface area contributed by atoms with Gasteiger partial charge in [-0.1, -0.05) is 56.4 Å². The van der Waals surface area contributed by atoms with Crippen LogP contribution in [0.15, 0.2) is 30.3 Å². The van der Waals surface area contributed by atoms with Crippen molar-refractivity contribution in [3.63, 3.8) is 0 Å². The maximum Gasteiger partial charge on any atom is 0.130 e. The number of ketones is 2. The standard InChI is InChI=1S/C10H12S.C6H10O2/c1-8(2)10(11)9-6-4-3-5-7-9;1-5(7)3-4-6(2)8/h3-8H,1-2H3;3-4H2,1-2H3. The van der Waals surface area contributed by atoms with Gasteiger partial charge in [-0.15, -0.1) is 0 Å². The zero-order valence-electron chi connectivity index (χ0n) is 12.1. The van der Waals surface area contributed by atoms with Gasteiger partial charge in [0.25, 0.3) is 0 Å². The van der Waals surface area contributed by atoms with Crippen LogP contribution in [-0.4, -0.2) is 16.4 Å². The van der Waals surface area contributed by atoms with E-state index in [1.54, 1.807) is 0 Å². The third-order valence-electron chi connectivity index (χ3n) is 2.41. The highest BCUT2D eigenvalue weighted by Gasteiger charge is 2.03. The first-order valence-electron chi connectivity index (χ1n) is 6.42. The summed E-state index contributed by atoms with van der Waals surface area (Å²) in [6.45, 7) is 7.22. The number of hydrogen-bond acceptors (Lipinski definition) is 3. The first-order valence-corrected chi connectivity index (χ1v) is 6.83. The number of Topliss-reactive ketones (excluding diaryl/α,β-unsaturated/α-hetero) is 2. The molecule has 0 bridgehead atoms. The Balaban J connectivity index is 0.000000362. The highest BCUT2D eigenvalue weighted by molar-refractivity contribution is 7.80. The molecule has 0 aliphatic heterocycles. The number of thiocarbonyl (C=S) groups is 1. The normalized spacial score (nSPS) is 9.53. The number of carbonyl (C=O) groups excluding carboxylic acids is 2. The summed E-state index contributed by atoms with van der Waals surface area (Å²) >= 11 is 5.24. The fraction of sp³-hybridized carbons (Fsp3) is 0.438. The molecule has 0 amide bonds. The Morgan fingerprint density at radius 3 is 1.74 bits per heavy atom. The Morgan fingerprint density at radius 2 is 1.42 bits per heavy atom. The van der Waals surface area contributed by atoms with Crippen LogP contribution in [-0.2, 0) is 9.59 Å². The Labute approximate surface area is 121 Å². The summed E-state index contributed by atoms with van der Waals surface area (Å²) in [6, 6.07) is 10.2. The van der Waals surface area contributed by atoms with Crippen LogP contribution in [0.5, 0.6) is 0 Å². The lowest BCUT2D eigenvalue weighted by Crippen LogP contribution is -2.04. The van der Waals surface area contributed by atoms with Crippen molar-refractivity contribution >= 4 is 28.6 Å². The number of benzene rings is 1. The molecule has 0 saturated heterocycles. The van der Waals surface area contributed by atoms with Crippen molar-refractivity contribution in [3.05, 3.63) is 35.9 Å². The van der Waals surface area contributed by atoms with Crippen molar-refractivity contribution < 1.29 is 9.59 Å². The Morgan fingerprint density at radius 1 is 1.00 bits per heavy atom. The molecule has 0 aliphatic carbocycles. The molecule has 0 unspecified atom stereocenters. The van der Waals surface area contributed by atoms with E-state index >= 15 is 0 Å². The van der Waals surface area contributed by atoms with Gasteiger partial charge < -0.3 is 9.59 Å². The van der Waals surface area contributed by atoms with Gasteiger partial charge in [0.2, 0.25) is 0 Å². The molecular weight excluding hydrogens is 256 g/mol. The summed E-state index contributed by atoms with van der Waals surface area (Å²) < 4.78 is 0. The van der Waals surface area contributed by atoms with Crippen LogP contribution in [0.4, 0.5) is 0 Å². The van der Waals surface area contributed by atoms with Gasteiger partial charge in [0, 0.05) is 17.7 Å². The topological polar surface area (TPSA) is 34.1 Å². The molecular formula is C16H22O2S. The van der Waals surface area contributed by atoms with E-state index in [0.717, 1.165) is 4.86 Å². The molecule has 1 rings (SSSR count). The minimum atomic E-state index is 0.0835. The SMILES string of the molecule is CC(=O)CCC(C)=O.CC(C)C(=S)c1ccccc1. The maximum absolute atomic E-state index is 10.2. The first-order chi connectivity index (χ1) is 8.84. The van der Waals surface area contributed by atoms with E-state index in [-0.39, 0.29) is 11.6 Å². The fourth-order valence-corrected chi connectivity index (χ4v) is 1.42. The van der Waals surface area contributed by atoms with Gasteiger partial charge in [-0.3, -0.25) is 0 Å². The second-order valence-electron chi connectivity index (χ2n) is 4.79. The van der Waals surface area contributed by atoms with Gasteiger partial charge >= 0.3 is 0 Å². The molecule has 0 heterocycles. The van der Waals surface area contributed by atoms with Gasteiger partial charge in [0.1, 0.15) is 11.6 Å². The molecule has 0 saturated carbocycles. The Bertz CT molecular complexity index is 408. The number of carbonyl (C=O) groups is 2. The lowest BCUT2D eigenvalue weighted by atomic mass is 10.0. The minimum Gasteiger partial charge on any atom is -0.300 e. The summed E-state index contributed by atoms with van der Waals surface area (Å²) in [6.07, 6.45) is 0.796. The highest BCUT2D eigenvalue weighted by Crippen LogP contribution is 2.08. The van der Waals surface area contributed by atoms with Crippen LogP contribution >= 0.6 is 12.2 Å². The zero-order chi connectivity index (χ0) is 14.8. The van der Waals surface area contributed by atoms with Crippen LogP contribution < -0.4 is 0 Å². The molecule has 0 fully saturated rings. The van der Waals surface area contributed by atoms with Crippen molar-refractivity contribution in [2.24, 2.45) is 5.92 Å². The van der Waals surface area contributed by atoms with Crippen molar-refractivity contribution in [3.8, 4) is 0 Å². The predicted octanol–water partition coefficient (Wildman–Crippen LogP) is 4.01. The van der Waals surface area contributed by atoms with Crippen LogP contribution in [0.3, 0.4) is 0 Å². The second-order valence-corrected chi connectivity index (χ2v) is 5.23. The van der Waals surface area contributed by atoms with E-state index in [1.807, 2.05) is 18.2 Å². The fourth-order valence-electron chi connectivity index (χ4n) is 1.29. The van der Waals surface area contributed by atoms with Crippen LogP contribution in [0.2, 0.25) is 0 Å². The highest BCUT2D eigenvalue weighted by atomic mass is 32.1. The van der Waals surface area contributed by atoms with E-state index in [9.17, 15) is 9.59 Å². The third kappa shape index (κ3) is 9.25. The van der Waals surface area contributed by atoms with E-state index in [2.05, 4.69) is 26.0 Å². The van der Waals surface area contributed by atoms with Crippen LogP contribution in [0.1, 0.15) is 46.1 Å². The largest absolute Gasteiger partial charge is 0.300 e. The molecule has 19 heavy (non-hydrogen) atoms. The first kappa shape index (κ1) is 17.6. The molecule has 0 spiro atoms. The second kappa shape index (κ2) is 9.56. The average molecular weight is 278 g/mol. The lowest BCUT2D eigenvalue weighted by molar-refractivity contribution is -0.122. The van der Waals surface area contributed by atoms with E-state index < -0.39 is 0 Å². The van der Waals surface area contributed by atoms with Crippen molar-refractivity contribution in [2.75, 3.05) is 0 Å². The minimum absolute atomic E-state index is 0.0835. The van der Waals surface area contributed by atoms with Gasteiger partial charge in [0.15, 0.2) is 0 Å². The zero-order valence-corrected chi connectivity index (χ0v) is 12.9. The van der Waals surface area contributed by atoms with E-state index in [4.69, 9.17) is 12.2 Å². The lowest BCUT2D eigenvalue weighted by Gasteiger charge is -2.05. The molecule has 104 valence electrons. The third-order valence-corrected chi connectivity index (χ3v) is 3.12. The van der Waals surface area contributed by atoms with Crippen LogP contribution in [0, 0.1) is 5.92 Å². The molecule has 3 heteroatoms. The smallest absolute Gasteiger partial charge is 0.130 e.